The molecule has 10 heteroatoms. The summed E-state index contributed by atoms with van der Waals surface area (Å²) in [6.07, 6.45) is 5.92. The average Bonchev–Trinajstić information content (AvgIpc) is 3.43. The van der Waals surface area contributed by atoms with Crippen molar-refractivity contribution < 1.29 is 9.18 Å². The van der Waals surface area contributed by atoms with Gasteiger partial charge >= 0.3 is 0 Å². The number of fused-ring (bicyclic) bond motifs is 2. The molecule has 0 fully saturated rings. The van der Waals surface area contributed by atoms with Crippen LogP contribution < -0.4 is 5.32 Å². The van der Waals surface area contributed by atoms with Gasteiger partial charge in [0.25, 0.3) is 0 Å². The fourth-order valence-corrected chi connectivity index (χ4v) is 3.98. The second kappa shape index (κ2) is 9.18. The van der Waals surface area contributed by atoms with Gasteiger partial charge in [0.2, 0.25) is 0 Å². The number of hydrogen-bond donors (Lipinski definition) is 3. The van der Waals surface area contributed by atoms with E-state index >= 15 is 0 Å². The Balaban J connectivity index is 1.25. The maximum absolute atomic E-state index is 14.4. The molecular weight excluding hydrogens is 457 g/mol. The number of pyridine rings is 1. The van der Waals surface area contributed by atoms with Crippen molar-refractivity contribution in [2.75, 3.05) is 5.32 Å². The molecular formula is C24H21ClFN7O. The van der Waals surface area contributed by atoms with E-state index in [2.05, 4.69) is 35.2 Å². The van der Waals surface area contributed by atoms with E-state index in [0.717, 1.165) is 28.4 Å². The number of aromatic amines is 2. The second-order valence-corrected chi connectivity index (χ2v) is 8.47. The van der Waals surface area contributed by atoms with Crippen molar-refractivity contribution in [3.05, 3.63) is 65.6 Å². The number of halogens is 2. The van der Waals surface area contributed by atoms with Crippen LogP contribution in [0.2, 0.25) is 5.02 Å². The fourth-order valence-electron chi connectivity index (χ4n) is 3.82. The summed E-state index contributed by atoms with van der Waals surface area (Å²) in [5, 5.41) is 4.08. The van der Waals surface area contributed by atoms with Gasteiger partial charge in [-0.15, -0.1) is 0 Å². The summed E-state index contributed by atoms with van der Waals surface area (Å²) in [5.41, 5.74) is 3.14. The molecule has 0 aliphatic rings. The molecule has 1 atom stereocenters. The second-order valence-electron chi connectivity index (χ2n) is 8.03. The molecule has 4 heterocycles. The molecule has 4 aromatic heterocycles. The predicted molar refractivity (Wildman–Crippen MR) is 129 cm³/mol. The SMILES string of the molecule is C[C@H](Nc1nc(-c2c[nH]c3ncc(Cl)cc23)ncc1F)C(=O)CCCc1nc2ccccc2[nH]1. The third kappa shape index (κ3) is 4.47. The number of H-pyrrole nitrogens is 2. The summed E-state index contributed by atoms with van der Waals surface area (Å²) in [7, 11) is 0. The van der Waals surface area contributed by atoms with E-state index in [0.29, 0.717) is 41.3 Å². The molecule has 0 aliphatic heterocycles. The lowest BCUT2D eigenvalue weighted by atomic mass is 10.1. The van der Waals surface area contributed by atoms with Crippen molar-refractivity contribution in [3.63, 3.8) is 0 Å². The van der Waals surface area contributed by atoms with E-state index < -0.39 is 11.9 Å². The molecule has 1 aromatic carbocycles. The minimum absolute atomic E-state index is 0.0347. The number of nitrogens with one attached hydrogen (secondary N) is 3. The molecule has 8 nitrogen and oxygen atoms in total. The summed E-state index contributed by atoms with van der Waals surface area (Å²) in [5.74, 6) is 0.422. The van der Waals surface area contributed by atoms with Crippen LogP contribution in [0.25, 0.3) is 33.5 Å². The highest BCUT2D eigenvalue weighted by Gasteiger charge is 2.18. The van der Waals surface area contributed by atoms with E-state index in [1.54, 1.807) is 19.2 Å². The van der Waals surface area contributed by atoms with E-state index in [1.807, 2.05) is 24.3 Å². The first-order valence-electron chi connectivity index (χ1n) is 10.9. The summed E-state index contributed by atoms with van der Waals surface area (Å²) < 4.78 is 14.4. The topological polar surface area (TPSA) is 112 Å². The van der Waals surface area contributed by atoms with Gasteiger partial charge in [-0.3, -0.25) is 4.79 Å². The van der Waals surface area contributed by atoms with E-state index in [1.165, 1.54) is 6.20 Å². The number of para-hydroxylation sites is 2. The zero-order valence-corrected chi connectivity index (χ0v) is 19.0. The normalized spacial score (nSPS) is 12.3. The number of aromatic nitrogens is 6. The molecule has 0 unspecified atom stereocenters. The van der Waals surface area contributed by atoms with Gasteiger partial charge in [0.1, 0.15) is 11.5 Å². The van der Waals surface area contributed by atoms with Gasteiger partial charge in [-0.05, 0) is 31.5 Å². The quantitative estimate of drug-likeness (QED) is 0.287. The maximum atomic E-state index is 14.4. The van der Waals surface area contributed by atoms with Crippen LogP contribution in [-0.4, -0.2) is 41.7 Å². The zero-order chi connectivity index (χ0) is 23.7. The molecule has 172 valence electrons. The Hall–Kier alpha value is -3.85. The molecule has 0 bridgehead atoms. The number of carbonyl (C=O) groups excluding carboxylic acids is 1. The highest BCUT2D eigenvalue weighted by atomic mass is 35.5. The van der Waals surface area contributed by atoms with Crippen molar-refractivity contribution in [3.8, 4) is 11.4 Å². The number of anilines is 1. The van der Waals surface area contributed by atoms with Gasteiger partial charge in [-0.2, -0.15) is 0 Å². The molecule has 0 saturated carbocycles. The minimum atomic E-state index is -0.637. The third-order valence-corrected chi connectivity index (χ3v) is 5.80. The molecule has 5 rings (SSSR count). The lowest BCUT2D eigenvalue weighted by Gasteiger charge is -2.14. The van der Waals surface area contributed by atoms with Crippen molar-refractivity contribution in [1.82, 2.24) is 29.9 Å². The summed E-state index contributed by atoms with van der Waals surface area (Å²) in [4.78, 5) is 36.1. The molecule has 0 amide bonds. The fraction of sp³-hybridized carbons (Fsp3) is 0.208. The summed E-state index contributed by atoms with van der Waals surface area (Å²) in [6, 6.07) is 8.92. The molecule has 0 spiro atoms. The Morgan fingerprint density at radius 1 is 1.21 bits per heavy atom. The number of aryl methyl sites for hydroxylation is 1. The van der Waals surface area contributed by atoms with E-state index in [9.17, 15) is 9.18 Å². The van der Waals surface area contributed by atoms with Gasteiger partial charge in [0, 0.05) is 36.2 Å². The van der Waals surface area contributed by atoms with E-state index in [4.69, 9.17) is 11.6 Å². The highest BCUT2D eigenvalue weighted by molar-refractivity contribution is 6.31. The van der Waals surface area contributed by atoms with E-state index in [-0.39, 0.29) is 11.6 Å². The lowest BCUT2D eigenvalue weighted by molar-refractivity contribution is -0.119. The van der Waals surface area contributed by atoms with Gasteiger partial charge in [0.05, 0.1) is 28.3 Å². The van der Waals surface area contributed by atoms with Gasteiger partial charge in [0.15, 0.2) is 23.2 Å². The Morgan fingerprint density at radius 3 is 2.91 bits per heavy atom. The Labute approximate surface area is 199 Å². The Kier molecular flexibility index (Phi) is 5.93. The largest absolute Gasteiger partial charge is 0.358 e. The number of nitrogens with zero attached hydrogens (tertiary/aromatic N) is 4. The molecule has 0 saturated heterocycles. The van der Waals surface area contributed by atoms with Crippen molar-refractivity contribution in [1.29, 1.82) is 0 Å². The van der Waals surface area contributed by atoms with Gasteiger partial charge in [-0.1, -0.05) is 23.7 Å². The summed E-state index contributed by atoms with van der Waals surface area (Å²) >= 11 is 6.06. The number of Topliss-reactive ketones (excluding diaryl/α,β-unsaturated/α-hetero) is 1. The number of benzene rings is 1. The minimum Gasteiger partial charge on any atom is -0.358 e. The standard InChI is InChI=1S/C24H21ClFN7O/c1-13(20(34)7-4-8-21-31-18-5-2-3-6-19(18)32-21)30-24-17(26)12-29-23(33-24)16-11-28-22-15(16)9-14(25)10-27-22/h2-3,5-6,9-13H,4,7-8H2,1H3,(H,27,28)(H,31,32)(H,29,30,33)/t13-/m0/s1. The van der Waals surface area contributed by atoms with Crippen LogP contribution in [0.3, 0.4) is 0 Å². The molecule has 0 aliphatic carbocycles. The zero-order valence-electron chi connectivity index (χ0n) is 18.3. The predicted octanol–water partition coefficient (Wildman–Crippen LogP) is 5.08. The van der Waals surface area contributed by atoms with Crippen LogP contribution in [-0.2, 0) is 11.2 Å². The first kappa shape index (κ1) is 22.0. The van der Waals surface area contributed by atoms with Crippen LogP contribution in [0.5, 0.6) is 0 Å². The molecule has 3 N–H and O–H groups in total. The molecule has 34 heavy (non-hydrogen) atoms. The first-order chi connectivity index (χ1) is 16.5. The van der Waals surface area contributed by atoms with Crippen LogP contribution in [0.4, 0.5) is 10.2 Å². The number of ketones is 1. The monoisotopic (exact) mass is 477 g/mol. The van der Waals surface area contributed by atoms with Crippen molar-refractivity contribution in [2.45, 2.75) is 32.2 Å². The summed E-state index contributed by atoms with van der Waals surface area (Å²) in [6.45, 7) is 1.69. The molecule has 5 aromatic rings. The molecule has 0 radical (unpaired) electrons. The van der Waals surface area contributed by atoms with Crippen LogP contribution >= 0.6 is 11.6 Å². The smallest absolute Gasteiger partial charge is 0.183 e. The first-order valence-corrected chi connectivity index (χ1v) is 11.2. The average molecular weight is 478 g/mol. The van der Waals surface area contributed by atoms with Crippen molar-refractivity contribution in [2.24, 2.45) is 0 Å². The van der Waals surface area contributed by atoms with Crippen LogP contribution in [0, 0.1) is 5.82 Å². The van der Waals surface area contributed by atoms with Crippen molar-refractivity contribution >= 4 is 45.3 Å². The number of imidazole rings is 1. The number of hydrogen-bond acceptors (Lipinski definition) is 6. The lowest BCUT2D eigenvalue weighted by Crippen LogP contribution is -2.27. The van der Waals surface area contributed by atoms with Gasteiger partial charge in [-0.25, -0.2) is 24.3 Å². The number of carbonyl (C=O) groups is 1. The highest BCUT2D eigenvalue weighted by Crippen LogP contribution is 2.28. The Bertz CT molecular complexity index is 1460. The third-order valence-electron chi connectivity index (χ3n) is 5.59. The maximum Gasteiger partial charge on any atom is 0.183 e. The number of rotatable bonds is 8. The van der Waals surface area contributed by atoms with Crippen LogP contribution in [0.15, 0.2) is 48.9 Å². The van der Waals surface area contributed by atoms with Crippen LogP contribution in [0.1, 0.15) is 25.6 Å². The van der Waals surface area contributed by atoms with Gasteiger partial charge < -0.3 is 15.3 Å². The Morgan fingerprint density at radius 2 is 2.06 bits per heavy atom.